The van der Waals surface area contributed by atoms with Crippen LogP contribution in [-0.2, 0) is 16.0 Å². The number of benzene rings is 2. The first kappa shape index (κ1) is 15.0. The first-order chi connectivity index (χ1) is 11.1. The summed E-state index contributed by atoms with van der Waals surface area (Å²) in [6.07, 6.45) is 4.43. The summed E-state index contributed by atoms with van der Waals surface area (Å²) < 4.78 is 5.33. The van der Waals surface area contributed by atoms with Gasteiger partial charge in [0.2, 0.25) is 0 Å². The van der Waals surface area contributed by atoms with Gasteiger partial charge in [-0.1, -0.05) is 42.5 Å². The second-order valence-corrected chi connectivity index (χ2v) is 5.55. The molecule has 4 nitrogen and oxygen atoms in total. The van der Waals surface area contributed by atoms with Gasteiger partial charge < -0.3 is 10.1 Å². The number of hydrogen-bond donors (Lipinski definition) is 1. The molecule has 116 valence electrons. The van der Waals surface area contributed by atoms with Gasteiger partial charge in [-0.15, -0.1) is 0 Å². The Morgan fingerprint density at radius 1 is 1.13 bits per heavy atom. The van der Waals surface area contributed by atoms with Crippen LogP contribution in [0.3, 0.4) is 0 Å². The third-order valence-electron chi connectivity index (χ3n) is 3.54. The number of Topliss-reactive ketones (excluding diaryl/α,β-unsaturated/α-hetero) is 1. The van der Waals surface area contributed by atoms with Crippen LogP contribution in [0.15, 0.2) is 42.5 Å². The van der Waals surface area contributed by atoms with Gasteiger partial charge in [-0.25, -0.2) is 0 Å². The molecule has 23 heavy (non-hydrogen) atoms. The molecule has 0 saturated heterocycles. The van der Waals surface area contributed by atoms with E-state index in [2.05, 4.69) is 5.32 Å². The molecule has 0 radical (unpaired) electrons. The Morgan fingerprint density at radius 3 is 2.57 bits per heavy atom. The van der Waals surface area contributed by atoms with Crippen LogP contribution in [0.5, 0.6) is 5.75 Å². The molecule has 0 spiro atoms. The minimum Gasteiger partial charge on any atom is -0.482 e. The van der Waals surface area contributed by atoms with E-state index in [-0.39, 0.29) is 18.3 Å². The van der Waals surface area contributed by atoms with Crippen molar-refractivity contribution in [2.24, 2.45) is 0 Å². The number of carbonyl (C=O) groups excluding carboxylic acids is 2. The molecule has 0 atom stereocenters. The molecule has 0 aromatic heterocycles. The van der Waals surface area contributed by atoms with Crippen molar-refractivity contribution < 1.29 is 14.3 Å². The van der Waals surface area contributed by atoms with Crippen LogP contribution in [-0.4, -0.2) is 18.3 Å². The molecule has 1 heterocycles. The molecule has 0 bridgehead atoms. The molecule has 1 N–H and O–H groups in total. The highest BCUT2D eigenvalue weighted by Crippen LogP contribution is 2.29. The van der Waals surface area contributed by atoms with Crippen molar-refractivity contribution in [2.45, 2.75) is 13.3 Å². The summed E-state index contributed by atoms with van der Waals surface area (Å²) in [6.45, 7) is 1.65. The molecule has 0 aliphatic carbocycles. The average Bonchev–Trinajstić information content (AvgIpc) is 2.53. The standard InChI is InChI=1S/C19H17NO3/c1-13(21)10-15-5-2-14(3-6-15)4-7-16-8-9-18-17(11-16)20-19(22)12-23-18/h2-9,11H,10,12H2,1H3,(H,20,22)/b7-4+. The zero-order valence-electron chi connectivity index (χ0n) is 12.8. The molecule has 1 aliphatic rings. The number of anilines is 1. The van der Waals surface area contributed by atoms with Crippen molar-refractivity contribution >= 4 is 29.5 Å². The number of hydrogen-bond acceptors (Lipinski definition) is 3. The van der Waals surface area contributed by atoms with E-state index in [1.165, 1.54) is 0 Å². The Morgan fingerprint density at radius 2 is 1.83 bits per heavy atom. The van der Waals surface area contributed by atoms with Crippen molar-refractivity contribution in [1.82, 2.24) is 0 Å². The summed E-state index contributed by atoms with van der Waals surface area (Å²) in [5.41, 5.74) is 3.74. The van der Waals surface area contributed by atoms with E-state index < -0.39 is 0 Å². The quantitative estimate of drug-likeness (QED) is 0.882. The number of rotatable bonds is 4. The van der Waals surface area contributed by atoms with Gasteiger partial charge in [-0.05, 0) is 35.7 Å². The van der Waals surface area contributed by atoms with Gasteiger partial charge in [0.05, 0.1) is 5.69 Å². The summed E-state index contributed by atoms with van der Waals surface area (Å²) in [5, 5.41) is 2.79. The van der Waals surface area contributed by atoms with E-state index in [1.54, 1.807) is 6.92 Å². The van der Waals surface area contributed by atoms with Crippen LogP contribution in [0.25, 0.3) is 12.2 Å². The van der Waals surface area contributed by atoms with E-state index in [0.717, 1.165) is 16.7 Å². The average molecular weight is 307 g/mol. The highest BCUT2D eigenvalue weighted by atomic mass is 16.5. The van der Waals surface area contributed by atoms with Gasteiger partial charge in [-0.3, -0.25) is 9.59 Å². The van der Waals surface area contributed by atoms with E-state index in [9.17, 15) is 9.59 Å². The minimum absolute atomic E-state index is 0.0643. The first-order valence-electron chi connectivity index (χ1n) is 7.43. The number of ether oxygens (including phenoxy) is 1. The maximum absolute atomic E-state index is 11.3. The molecule has 2 aromatic carbocycles. The Hall–Kier alpha value is -2.88. The Bertz CT molecular complexity index is 776. The molecule has 1 aliphatic heterocycles. The molecule has 0 unspecified atom stereocenters. The summed E-state index contributed by atoms with van der Waals surface area (Å²) >= 11 is 0. The predicted octanol–water partition coefficient (Wildman–Crippen LogP) is 3.32. The lowest BCUT2D eigenvalue weighted by atomic mass is 10.1. The van der Waals surface area contributed by atoms with Gasteiger partial charge in [0, 0.05) is 6.42 Å². The number of carbonyl (C=O) groups is 2. The van der Waals surface area contributed by atoms with Crippen LogP contribution in [0.1, 0.15) is 23.6 Å². The Labute approximate surface area is 134 Å². The largest absolute Gasteiger partial charge is 0.482 e. The second-order valence-electron chi connectivity index (χ2n) is 5.55. The van der Waals surface area contributed by atoms with E-state index in [1.807, 2.05) is 54.6 Å². The Balaban J connectivity index is 1.74. The van der Waals surface area contributed by atoms with Gasteiger partial charge in [0.1, 0.15) is 11.5 Å². The van der Waals surface area contributed by atoms with Crippen molar-refractivity contribution in [3.63, 3.8) is 0 Å². The smallest absolute Gasteiger partial charge is 0.262 e. The van der Waals surface area contributed by atoms with Crippen LogP contribution in [0.2, 0.25) is 0 Å². The van der Waals surface area contributed by atoms with E-state index in [0.29, 0.717) is 17.9 Å². The Kier molecular flexibility index (Phi) is 4.24. The monoisotopic (exact) mass is 307 g/mol. The highest BCUT2D eigenvalue weighted by molar-refractivity contribution is 5.95. The van der Waals surface area contributed by atoms with Crippen molar-refractivity contribution in [3.05, 3.63) is 59.2 Å². The summed E-state index contributed by atoms with van der Waals surface area (Å²) in [4.78, 5) is 22.4. The predicted molar refractivity (Wildman–Crippen MR) is 90.3 cm³/mol. The second kappa shape index (κ2) is 6.48. The van der Waals surface area contributed by atoms with Crippen LogP contribution >= 0.6 is 0 Å². The zero-order chi connectivity index (χ0) is 16.2. The number of ketones is 1. The molecule has 1 amide bonds. The summed E-state index contributed by atoms with van der Waals surface area (Å²) in [6, 6.07) is 13.6. The van der Waals surface area contributed by atoms with Gasteiger partial charge in [0.25, 0.3) is 5.91 Å². The summed E-state index contributed by atoms with van der Waals surface area (Å²) in [5.74, 6) is 0.710. The van der Waals surface area contributed by atoms with E-state index in [4.69, 9.17) is 4.74 Å². The lowest BCUT2D eigenvalue weighted by molar-refractivity contribution is -0.118. The molecular weight excluding hydrogens is 290 g/mol. The molecule has 0 saturated carbocycles. The van der Waals surface area contributed by atoms with Gasteiger partial charge in [0.15, 0.2) is 6.61 Å². The first-order valence-corrected chi connectivity index (χ1v) is 7.43. The molecule has 2 aromatic rings. The van der Waals surface area contributed by atoms with E-state index >= 15 is 0 Å². The molecule has 0 fully saturated rings. The van der Waals surface area contributed by atoms with Crippen molar-refractivity contribution in [2.75, 3.05) is 11.9 Å². The van der Waals surface area contributed by atoms with Gasteiger partial charge >= 0.3 is 0 Å². The van der Waals surface area contributed by atoms with Crippen LogP contribution in [0, 0.1) is 0 Å². The third-order valence-corrected chi connectivity index (χ3v) is 3.54. The summed E-state index contributed by atoms with van der Waals surface area (Å²) in [7, 11) is 0. The van der Waals surface area contributed by atoms with Crippen LogP contribution in [0.4, 0.5) is 5.69 Å². The number of fused-ring (bicyclic) bond motifs is 1. The maximum Gasteiger partial charge on any atom is 0.262 e. The van der Waals surface area contributed by atoms with Crippen molar-refractivity contribution in [3.8, 4) is 5.75 Å². The SMILES string of the molecule is CC(=O)Cc1ccc(/C=C/c2ccc3c(c2)NC(=O)CO3)cc1. The normalized spacial score (nSPS) is 13.3. The fourth-order valence-electron chi connectivity index (χ4n) is 2.43. The lowest BCUT2D eigenvalue weighted by Gasteiger charge is -2.17. The third kappa shape index (κ3) is 3.86. The number of nitrogens with one attached hydrogen (secondary N) is 1. The minimum atomic E-state index is -0.139. The number of amides is 1. The topological polar surface area (TPSA) is 55.4 Å². The van der Waals surface area contributed by atoms with Crippen molar-refractivity contribution in [1.29, 1.82) is 0 Å². The molecule has 4 heteroatoms. The highest BCUT2D eigenvalue weighted by Gasteiger charge is 2.15. The van der Waals surface area contributed by atoms with Gasteiger partial charge in [-0.2, -0.15) is 0 Å². The van der Waals surface area contributed by atoms with Crippen LogP contribution < -0.4 is 10.1 Å². The fourth-order valence-corrected chi connectivity index (χ4v) is 2.43. The lowest BCUT2D eigenvalue weighted by Crippen LogP contribution is -2.25. The zero-order valence-corrected chi connectivity index (χ0v) is 12.8. The molecular formula is C19H17NO3. The maximum atomic E-state index is 11.3. The fraction of sp³-hybridized carbons (Fsp3) is 0.158. The molecule has 3 rings (SSSR count).